The van der Waals surface area contributed by atoms with Crippen LogP contribution in [0, 0.1) is 5.92 Å². The zero-order valence-electron chi connectivity index (χ0n) is 27.4. The molecule has 2 aliphatic rings. The van der Waals surface area contributed by atoms with E-state index in [1.807, 2.05) is 13.8 Å². The van der Waals surface area contributed by atoms with Crippen LogP contribution in [0.25, 0.3) is 11.2 Å². The summed E-state index contributed by atoms with van der Waals surface area (Å²) in [5.41, 5.74) is 4.89. The normalized spacial score (nSPS) is 28.4. The van der Waals surface area contributed by atoms with Crippen molar-refractivity contribution in [3.63, 3.8) is 0 Å². The van der Waals surface area contributed by atoms with Crippen LogP contribution in [0.1, 0.15) is 46.6 Å². The Morgan fingerprint density at radius 1 is 1.12 bits per heavy atom. The van der Waals surface area contributed by atoms with Gasteiger partial charge in [0.25, 0.3) is 5.56 Å². The SMILES string of the molecule is CO[C@@H]1[C@H](CC(=O)NC[C@H]2O[C@@H](n3cnc4c(N)ncnc43)[C@H](F)[C@@H]2OP(=O)(O)OC(C)C)[C@@H](COC(C)C)O[C@H]1n1ccc(=O)[nH]c1=O. The molecule has 5 rings (SSSR count). The molecular weight excluding hydrogens is 674 g/mol. The lowest BCUT2D eigenvalue weighted by atomic mass is 9.93. The first-order valence-electron chi connectivity index (χ1n) is 15.5. The number of amides is 1. The zero-order chi connectivity index (χ0) is 35.6. The van der Waals surface area contributed by atoms with E-state index in [2.05, 4.69) is 25.3 Å². The smallest absolute Gasteiger partial charge is 0.382 e. The van der Waals surface area contributed by atoms with Gasteiger partial charge in [-0.3, -0.25) is 32.8 Å². The van der Waals surface area contributed by atoms with Gasteiger partial charge in [0.2, 0.25) is 5.91 Å². The van der Waals surface area contributed by atoms with Crippen LogP contribution in [0.15, 0.2) is 34.5 Å². The molecule has 2 saturated heterocycles. The second kappa shape index (κ2) is 15.1. The minimum atomic E-state index is -4.78. The molecule has 3 aromatic rings. The average Bonchev–Trinajstić information content (AvgIpc) is 3.68. The second-order valence-electron chi connectivity index (χ2n) is 12.1. The van der Waals surface area contributed by atoms with Crippen LogP contribution in [-0.4, -0.2) is 103 Å². The predicted octanol–water partition coefficient (Wildman–Crippen LogP) is 0.565. The quantitative estimate of drug-likeness (QED) is 0.167. The third-order valence-electron chi connectivity index (χ3n) is 7.93. The third kappa shape index (κ3) is 8.24. The number of nitrogens with zero attached hydrogens (tertiary/aromatic N) is 5. The summed E-state index contributed by atoms with van der Waals surface area (Å²) in [5, 5.41) is 2.68. The largest absolute Gasteiger partial charge is 0.472 e. The number of nitrogen functional groups attached to an aromatic ring is 1. The highest BCUT2D eigenvalue weighted by Crippen LogP contribution is 2.50. The van der Waals surface area contributed by atoms with Crippen molar-refractivity contribution in [3.05, 3.63) is 45.8 Å². The van der Waals surface area contributed by atoms with Gasteiger partial charge in [0, 0.05) is 38.3 Å². The second-order valence-corrected chi connectivity index (χ2v) is 13.5. The molecule has 19 nitrogen and oxygen atoms in total. The number of fused-ring (bicyclic) bond motifs is 1. The lowest BCUT2D eigenvalue weighted by molar-refractivity contribution is -0.124. The first kappa shape index (κ1) is 36.7. The standard InChI is InChI=1S/C28H40FN8O11P/c1-13(2)44-10-17-15(22(43-5)27(46-17)36-7-6-18(38)35-28(36)40)8-19(39)31-9-16-23(48-49(41,42)47-14(3)4)20(29)26(45-16)37-12-34-21-24(30)32-11-33-25(21)37/h6-7,11-17,20,22-23,26-27H,8-10H2,1-5H3,(H,31,39)(H,41,42)(H2,30,32,33)(H,35,38,40)/t15-,16-,17-,20-,22-,23-,26-,27-/m1/s1. The molecule has 0 saturated carbocycles. The lowest BCUT2D eigenvalue weighted by Crippen LogP contribution is -2.42. The molecule has 9 atom stereocenters. The summed E-state index contributed by atoms with van der Waals surface area (Å²) in [6, 6.07) is 1.16. The number of imidazole rings is 1. The van der Waals surface area contributed by atoms with E-state index in [0.29, 0.717) is 0 Å². The maximum absolute atomic E-state index is 16.1. The third-order valence-corrected chi connectivity index (χ3v) is 9.13. The number of ether oxygens (including phenoxy) is 4. The van der Waals surface area contributed by atoms with Gasteiger partial charge in [-0.2, -0.15) is 0 Å². The molecule has 2 fully saturated rings. The molecule has 2 aliphatic heterocycles. The molecule has 0 aliphatic carbocycles. The van der Waals surface area contributed by atoms with Crippen LogP contribution in [0.3, 0.4) is 0 Å². The monoisotopic (exact) mass is 714 g/mol. The molecule has 0 spiro atoms. The van der Waals surface area contributed by atoms with Crippen molar-refractivity contribution in [2.45, 2.75) is 89.4 Å². The Bertz CT molecular complexity index is 1790. The minimum Gasteiger partial charge on any atom is -0.382 e. The Morgan fingerprint density at radius 3 is 2.53 bits per heavy atom. The van der Waals surface area contributed by atoms with E-state index in [1.54, 1.807) is 0 Å². The van der Waals surface area contributed by atoms with Crippen LogP contribution in [-0.2, 0) is 37.4 Å². The number of nitrogens with one attached hydrogen (secondary N) is 2. The van der Waals surface area contributed by atoms with Crippen LogP contribution in [0.2, 0.25) is 0 Å². The van der Waals surface area contributed by atoms with Gasteiger partial charge in [-0.05, 0) is 27.7 Å². The highest BCUT2D eigenvalue weighted by Gasteiger charge is 2.51. The summed E-state index contributed by atoms with van der Waals surface area (Å²) < 4.78 is 65.1. The van der Waals surface area contributed by atoms with Crippen LogP contribution < -0.4 is 22.3 Å². The van der Waals surface area contributed by atoms with Crippen molar-refractivity contribution >= 4 is 30.7 Å². The number of hydrogen-bond donors (Lipinski definition) is 4. The first-order chi connectivity index (χ1) is 23.2. The molecule has 49 heavy (non-hydrogen) atoms. The van der Waals surface area contributed by atoms with Crippen molar-refractivity contribution in [1.82, 2.24) is 34.4 Å². The number of alkyl halides is 1. The maximum Gasteiger partial charge on any atom is 0.472 e. The Morgan fingerprint density at radius 2 is 1.86 bits per heavy atom. The number of H-pyrrole nitrogens is 1. The molecule has 0 radical (unpaired) electrons. The molecular formula is C28H40FN8O11P. The number of halogens is 1. The molecule has 1 unspecified atom stereocenters. The minimum absolute atomic E-state index is 0.0500. The number of aromatic amines is 1. The number of rotatable bonds is 14. The summed E-state index contributed by atoms with van der Waals surface area (Å²) >= 11 is 0. The molecule has 0 bridgehead atoms. The summed E-state index contributed by atoms with van der Waals surface area (Å²) in [4.78, 5) is 62.4. The number of hydrogen-bond acceptors (Lipinski definition) is 14. The average molecular weight is 715 g/mol. The maximum atomic E-state index is 16.1. The van der Waals surface area contributed by atoms with Gasteiger partial charge in [0.1, 0.15) is 30.2 Å². The summed E-state index contributed by atoms with van der Waals surface area (Å²) in [7, 11) is -3.39. The van der Waals surface area contributed by atoms with Crippen LogP contribution in [0.4, 0.5) is 10.2 Å². The van der Waals surface area contributed by atoms with Gasteiger partial charge < -0.3 is 34.9 Å². The van der Waals surface area contributed by atoms with Crippen molar-refractivity contribution < 1.29 is 46.6 Å². The van der Waals surface area contributed by atoms with Gasteiger partial charge in [-0.1, -0.05) is 0 Å². The van der Waals surface area contributed by atoms with E-state index < -0.39 is 80.0 Å². The fourth-order valence-electron chi connectivity index (χ4n) is 5.83. The fraction of sp³-hybridized carbons (Fsp3) is 0.643. The number of nitrogens with two attached hydrogens (primary N) is 1. The molecule has 5 N–H and O–H groups in total. The fourth-order valence-corrected chi connectivity index (χ4v) is 6.97. The van der Waals surface area contributed by atoms with Crippen molar-refractivity contribution in [2.24, 2.45) is 5.92 Å². The van der Waals surface area contributed by atoms with Crippen molar-refractivity contribution in [1.29, 1.82) is 0 Å². The Hall–Kier alpha value is -3.62. The Labute approximate surface area is 278 Å². The molecule has 1 amide bonds. The number of anilines is 1. The number of methoxy groups -OCH3 is 1. The van der Waals surface area contributed by atoms with Gasteiger partial charge in [-0.15, -0.1) is 0 Å². The number of aromatic nitrogens is 6. The highest BCUT2D eigenvalue weighted by molar-refractivity contribution is 7.47. The Kier molecular flexibility index (Phi) is 11.3. The number of carbonyl (C=O) groups is 1. The highest BCUT2D eigenvalue weighted by atomic mass is 31.2. The zero-order valence-corrected chi connectivity index (χ0v) is 28.3. The molecule has 270 valence electrons. The van der Waals surface area contributed by atoms with Gasteiger partial charge >= 0.3 is 13.5 Å². The van der Waals surface area contributed by atoms with E-state index in [-0.39, 0.29) is 42.7 Å². The van der Waals surface area contributed by atoms with Crippen LogP contribution in [0.5, 0.6) is 0 Å². The van der Waals surface area contributed by atoms with E-state index in [1.165, 1.54) is 44.4 Å². The Balaban J connectivity index is 1.35. The number of phosphoric acid groups is 1. The van der Waals surface area contributed by atoms with E-state index in [0.717, 1.165) is 10.6 Å². The topological polar surface area (TPSA) is 246 Å². The molecule has 5 heterocycles. The predicted molar refractivity (Wildman–Crippen MR) is 168 cm³/mol. The first-order valence-corrected chi connectivity index (χ1v) is 17.0. The van der Waals surface area contributed by atoms with Crippen LogP contribution >= 0.6 is 7.82 Å². The summed E-state index contributed by atoms with van der Waals surface area (Å²) in [6.45, 7) is 6.37. The van der Waals surface area contributed by atoms with Crippen molar-refractivity contribution in [2.75, 3.05) is 26.0 Å². The number of phosphoric ester groups is 1. The van der Waals surface area contributed by atoms with E-state index >= 15 is 4.39 Å². The van der Waals surface area contributed by atoms with Gasteiger partial charge in [0.15, 0.2) is 30.1 Å². The summed E-state index contributed by atoms with van der Waals surface area (Å²) in [6.07, 6.45) is -6.43. The van der Waals surface area contributed by atoms with Gasteiger partial charge in [-0.25, -0.2) is 28.7 Å². The van der Waals surface area contributed by atoms with E-state index in [9.17, 15) is 23.8 Å². The van der Waals surface area contributed by atoms with Crippen molar-refractivity contribution in [3.8, 4) is 0 Å². The summed E-state index contributed by atoms with van der Waals surface area (Å²) in [5.74, 6) is -1.14. The number of carbonyl (C=O) groups excluding carboxylic acids is 1. The molecule has 21 heteroatoms. The lowest BCUT2D eigenvalue weighted by Gasteiger charge is -2.25. The molecule has 3 aromatic heterocycles. The van der Waals surface area contributed by atoms with E-state index in [4.69, 9.17) is 33.7 Å². The van der Waals surface area contributed by atoms with Gasteiger partial charge in [0.05, 0.1) is 31.2 Å². The molecule has 0 aromatic carbocycles.